The lowest BCUT2D eigenvalue weighted by Gasteiger charge is -2.26. The van der Waals surface area contributed by atoms with Gasteiger partial charge in [0.25, 0.3) is 5.91 Å². The summed E-state index contributed by atoms with van der Waals surface area (Å²) < 4.78 is 1.96. The number of carbonyl (C=O) groups is 1. The van der Waals surface area contributed by atoms with Crippen molar-refractivity contribution in [1.82, 2.24) is 9.88 Å². The number of amides is 1. The average molecular weight is 235 g/mol. The first-order valence-corrected chi connectivity index (χ1v) is 6.42. The minimum Gasteiger partial charge on any atom is -0.348 e. The van der Waals surface area contributed by atoms with E-state index in [0.29, 0.717) is 12.1 Å². The summed E-state index contributed by atoms with van der Waals surface area (Å²) in [6.45, 7) is 2.86. The number of hydrogen-bond acceptors (Lipinski definition) is 2. The van der Waals surface area contributed by atoms with Gasteiger partial charge in [-0.1, -0.05) is 0 Å². The highest BCUT2D eigenvalue weighted by atomic mass is 16.2. The highest BCUT2D eigenvalue weighted by Crippen LogP contribution is 2.17. The van der Waals surface area contributed by atoms with Gasteiger partial charge in [0.1, 0.15) is 5.69 Å². The van der Waals surface area contributed by atoms with Gasteiger partial charge in [0.2, 0.25) is 0 Å². The van der Waals surface area contributed by atoms with Crippen molar-refractivity contribution in [1.29, 1.82) is 0 Å². The molecule has 0 aliphatic heterocycles. The topological polar surface area (TPSA) is 60.0 Å². The molecule has 94 valence electrons. The molecule has 2 rings (SSSR count). The van der Waals surface area contributed by atoms with Gasteiger partial charge >= 0.3 is 0 Å². The number of aryl methyl sites for hydroxylation is 1. The molecule has 0 aromatic carbocycles. The molecular weight excluding hydrogens is 214 g/mol. The van der Waals surface area contributed by atoms with E-state index in [1.165, 1.54) is 0 Å². The highest BCUT2D eigenvalue weighted by Gasteiger charge is 2.21. The Balaban J connectivity index is 1.93. The molecule has 1 aliphatic rings. The average Bonchev–Trinajstić information content (AvgIpc) is 2.80. The fourth-order valence-electron chi connectivity index (χ4n) is 2.42. The van der Waals surface area contributed by atoms with Gasteiger partial charge in [0, 0.05) is 24.8 Å². The zero-order valence-corrected chi connectivity index (χ0v) is 10.4. The summed E-state index contributed by atoms with van der Waals surface area (Å²) in [6, 6.07) is 4.40. The zero-order valence-electron chi connectivity index (χ0n) is 10.4. The minimum absolute atomic E-state index is 0.0392. The first-order valence-electron chi connectivity index (χ1n) is 6.42. The van der Waals surface area contributed by atoms with Crippen molar-refractivity contribution in [3.63, 3.8) is 0 Å². The Morgan fingerprint density at radius 3 is 2.82 bits per heavy atom. The molecule has 4 heteroatoms. The molecule has 17 heavy (non-hydrogen) atoms. The van der Waals surface area contributed by atoms with Crippen LogP contribution in [0.1, 0.15) is 43.1 Å². The molecule has 0 spiro atoms. The van der Waals surface area contributed by atoms with Crippen LogP contribution >= 0.6 is 0 Å². The fourth-order valence-corrected chi connectivity index (χ4v) is 2.42. The number of nitrogens with zero attached hydrogens (tertiary/aromatic N) is 1. The Hall–Kier alpha value is -1.29. The molecule has 1 aromatic heterocycles. The lowest BCUT2D eigenvalue weighted by molar-refractivity contribution is 0.0916. The summed E-state index contributed by atoms with van der Waals surface area (Å²) >= 11 is 0. The minimum atomic E-state index is 0.0392. The van der Waals surface area contributed by atoms with Crippen LogP contribution in [0.5, 0.6) is 0 Å². The van der Waals surface area contributed by atoms with E-state index in [4.69, 9.17) is 5.73 Å². The van der Waals surface area contributed by atoms with E-state index in [0.717, 1.165) is 37.9 Å². The van der Waals surface area contributed by atoms with Crippen LogP contribution in [-0.2, 0) is 6.54 Å². The third-order valence-electron chi connectivity index (χ3n) is 3.51. The van der Waals surface area contributed by atoms with Gasteiger partial charge in [-0.25, -0.2) is 0 Å². The number of carbonyl (C=O) groups excluding carboxylic acids is 1. The van der Waals surface area contributed by atoms with Crippen molar-refractivity contribution in [2.75, 3.05) is 0 Å². The summed E-state index contributed by atoms with van der Waals surface area (Å²) in [5, 5.41) is 3.10. The van der Waals surface area contributed by atoms with Crippen molar-refractivity contribution in [2.45, 2.75) is 51.2 Å². The molecule has 1 heterocycles. The van der Waals surface area contributed by atoms with Crippen molar-refractivity contribution in [3.8, 4) is 0 Å². The molecular formula is C13H21N3O. The van der Waals surface area contributed by atoms with Gasteiger partial charge < -0.3 is 15.6 Å². The molecule has 1 saturated carbocycles. The standard InChI is InChI=1S/C13H21N3O/c1-2-16-9-3-4-12(16)13(17)15-11-7-5-10(14)6-8-11/h3-4,9-11H,2,5-8,14H2,1H3,(H,15,17). The van der Waals surface area contributed by atoms with Crippen LogP contribution in [0.2, 0.25) is 0 Å². The third kappa shape index (κ3) is 2.88. The van der Waals surface area contributed by atoms with Crippen molar-refractivity contribution < 1.29 is 4.79 Å². The first kappa shape index (κ1) is 12.2. The number of nitrogens with two attached hydrogens (primary N) is 1. The van der Waals surface area contributed by atoms with Gasteiger partial charge in [-0.2, -0.15) is 0 Å². The van der Waals surface area contributed by atoms with Gasteiger partial charge in [-0.05, 0) is 44.7 Å². The van der Waals surface area contributed by atoms with Crippen LogP contribution in [0.15, 0.2) is 18.3 Å². The zero-order chi connectivity index (χ0) is 12.3. The predicted molar refractivity (Wildman–Crippen MR) is 67.8 cm³/mol. The molecule has 0 radical (unpaired) electrons. The number of hydrogen-bond donors (Lipinski definition) is 2. The van der Waals surface area contributed by atoms with E-state index >= 15 is 0 Å². The molecule has 0 unspecified atom stereocenters. The van der Waals surface area contributed by atoms with Gasteiger partial charge in [0.15, 0.2) is 0 Å². The highest BCUT2D eigenvalue weighted by molar-refractivity contribution is 5.92. The van der Waals surface area contributed by atoms with Crippen LogP contribution in [-0.4, -0.2) is 22.6 Å². The van der Waals surface area contributed by atoms with E-state index in [2.05, 4.69) is 5.32 Å². The van der Waals surface area contributed by atoms with E-state index in [1.807, 2.05) is 29.8 Å². The maximum Gasteiger partial charge on any atom is 0.268 e. The smallest absolute Gasteiger partial charge is 0.268 e. The lowest BCUT2D eigenvalue weighted by Crippen LogP contribution is -2.41. The molecule has 4 nitrogen and oxygen atoms in total. The second-order valence-electron chi connectivity index (χ2n) is 4.76. The number of rotatable bonds is 3. The fraction of sp³-hybridized carbons (Fsp3) is 0.615. The Morgan fingerprint density at radius 1 is 1.47 bits per heavy atom. The van der Waals surface area contributed by atoms with Crippen LogP contribution in [0.3, 0.4) is 0 Å². The normalized spacial score (nSPS) is 24.6. The number of nitrogens with one attached hydrogen (secondary N) is 1. The molecule has 3 N–H and O–H groups in total. The van der Waals surface area contributed by atoms with Crippen LogP contribution in [0.4, 0.5) is 0 Å². The van der Waals surface area contributed by atoms with Gasteiger partial charge in [-0.3, -0.25) is 4.79 Å². The Kier molecular flexibility index (Phi) is 3.84. The van der Waals surface area contributed by atoms with Crippen molar-refractivity contribution in [3.05, 3.63) is 24.0 Å². The molecule has 0 saturated heterocycles. The van der Waals surface area contributed by atoms with Crippen molar-refractivity contribution >= 4 is 5.91 Å². The molecule has 1 fully saturated rings. The van der Waals surface area contributed by atoms with Crippen molar-refractivity contribution in [2.24, 2.45) is 5.73 Å². The SMILES string of the molecule is CCn1cccc1C(=O)NC1CCC(N)CC1. The van der Waals surface area contributed by atoms with E-state index in [1.54, 1.807) is 0 Å². The first-order chi connectivity index (χ1) is 8.20. The van der Waals surface area contributed by atoms with Crippen LogP contribution in [0.25, 0.3) is 0 Å². The molecule has 0 atom stereocenters. The summed E-state index contributed by atoms with van der Waals surface area (Å²) in [5.74, 6) is 0.0392. The van der Waals surface area contributed by atoms with Gasteiger partial charge in [-0.15, -0.1) is 0 Å². The van der Waals surface area contributed by atoms with Gasteiger partial charge in [0.05, 0.1) is 0 Å². The summed E-state index contributed by atoms with van der Waals surface area (Å²) in [4.78, 5) is 12.1. The monoisotopic (exact) mass is 235 g/mol. The maximum absolute atomic E-state index is 12.1. The van der Waals surface area contributed by atoms with E-state index in [9.17, 15) is 4.79 Å². The van der Waals surface area contributed by atoms with E-state index in [-0.39, 0.29) is 5.91 Å². The maximum atomic E-state index is 12.1. The molecule has 1 aromatic rings. The van der Waals surface area contributed by atoms with Crippen LogP contribution < -0.4 is 11.1 Å². The number of aromatic nitrogens is 1. The lowest BCUT2D eigenvalue weighted by atomic mass is 9.92. The Labute approximate surface area is 102 Å². The summed E-state index contributed by atoms with van der Waals surface area (Å²) in [6.07, 6.45) is 5.96. The quantitative estimate of drug-likeness (QED) is 0.834. The Bertz CT molecular complexity index is 378. The molecule has 1 amide bonds. The molecule has 0 bridgehead atoms. The second-order valence-corrected chi connectivity index (χ2v) is 4.76. The van der Waals surface area contributed by atoms with E-state index < -0.39 is 0 Å². The Morgan fingerprint density at radius 2 is 2.18 bits per heavy atom. The predicted octanol–water partition coefficient (Wildman–Crippen LogP) is 1.51. The molecule has 1 aliphatic carbocycles. The third-order valence-corrected chi connectivity index (χ3v) is 3.51. The summed E-state index contributed by atoms with van der Waals surface area (Å²) in [7, 11) is 0. The largest absolute Gasteiger partial charge is 0.348 e. The second kappa shape index (κ2) is 5.36. The summed E-state index contributed by atoms with van der Waals surface area (Å²) in [5.41, 5.74) is 6.60. The van der Waals surface area contributed by atoms with Crippen LogP contribution in [0, 0.1) is 0 Å².